The quantitative estimate of drug-likeness (QED) is 0.406. The Morgan fingerprint density at radius 1 is 1.29 bits per heavy atom. The molecule has 0 aliphatic heterocycles. The lowest BCUT2D eigenvalue weighted by atomic mass is 10.1. The van der Waals surface area contributed by atoms with Gasteiger partial charge in [-0.3, -0.25) is 10.1 Å². The summed E-state index contributed by atoms with van der Waals surface area (Å²) < 4.78 is 5.87. The lowest BCUT2D eigenvalue weighted by Gasteiger charge is -2.10. The minimum atomic E-state index is -0.504. The third-order valence-electron chi connectivity index (χ3n) is 2.68. The number of alkyl halides is 1. The summed E-state index contributed by atoms with van der Waals surface area (Å²) in [5.74, 6) is 0.635. The number of benzene rings is 2. The number of ether oxygens (including phenoxy) is 1. The van der Waals surface area contributed by atoms with Gasteiger partial charge in [0.25, 0.3) is 5.69 Å². The minimum absolute atomic E-state index is 0.0944. The maximum absolute atomic E-state index is 10.9. The molecule has 106 valence electrons. The molecule has 0 radical (unpaired) electrons. The van der Waals surface area contributed by atoms with Gasteiger partial charge in [-0.1, -0.05) is 28.1 Å². The highest BCUT2D eigenvalue weighted by atomic mass is 79.9. The van der Waals surface area contributed by atoms with Gasteiger partial charge in [0.15, 0.2) is 0 Å². The number of nitriles is 1. The molecule has 0 aliphatic carbocycles. The Bertz CT molecular complexity index is 741. The largest absolute Gasteiger partial charge is 0.455 e. The van der Waals surface area contributed by atoms with Crippen molar-refractivity contribution in [1.82, 2.24) is 0 Å². The monoisotopic (exact) mass is 410 g/mol. The van der Waals surface area contributed by atoms with E-state index in [9.17, 15) is 10.1 Å². The fourth-order valence-corrected chi connectivity index (χ4v) is 2.51. The number of nitro groups is 1. The van der Waals surface area contributed by atoms with E-state index in [0.717, 1.165) is 5.56 Å². The van der Waals surface area contributed by atoms with Crippen LogP contribution in [-0.4, -0.2) is 4.92 Å². The maximum atomic E-state index is 10.9. The molecule has 7 heteroatoms. The summed E-state index contributed by atoms with van der Waals surface area (Å²) in [5, 5.41) is 20.7. The van der Waals surface area contributed by atoms with E-state index in [-0.39, 0.29) is 15.9 Å². The number of halogens is 2. The molecule has 2 rings (SSSR count). The molecule has 2 aromatic rings. The van der Waals surface area contributed by atoms with Crippen LogP contribution in [0.1, 0.15) is 11.1 Å². The Balaban J connectivity index is 2.42. The van der Waals surface area contributed by atoms with E-state index in [1.807, 2.05) is 6.07 Å². The Kier molecular flexibility index (Phi) is 4.94. The summed E-state index contributed by atoms with van der Waals surface area (Å²) in [5.41, 5.74) is 1.21. The van der Waals surface area contributed by atoms with Crippen LogP contribution in [0, 0.1) is 21.4 Å². The molecule has 0 fully saturated rings. The van der Waals surface area contributed by atoms with Crippen molar-refractivity contribution >= 4 is 37.5 Å². The Labute approximate surface area is 137 Å². The second-order valence-corrected chi connectivity index (χ2v) is 5.38. The highest BCUT2D eigenvalue weighted by molar-refractivity contribution is 9.10. The first-order valence-corrected chi connectivity index (χ1v) is 7.68. The van der Waals surface area contributed by atoms with Gasteiger partial charge in [-0.15, -0.1) is 0 Å². The second kappa shape index (κ2) is 6.70. The van der Waals surface area contributed by atoms with Gasteiger partial charge in [0, 0.05) is 11.4 Å². The van der Waals surface area contributed by atoms with Crippen LogP contribution in [0.25, 0.3) is 0 Å². The molecular weight excluding hydrogens is 404 g/mol. The van der Waals surface area contributed by atoms with Gasteiger partial charge in [0.1, 0.15) is 22.0 Å². The van der Waals surface area contributed by atoms with Crippen molar-refractivity contribution in [2.24, 2.45) is 0 Å². The number of nitrogens with zero attached hydrogens (tertiary/aromatic N) is 2. The van der Waals surface area contributed by atoms with E-state index in [1.54, 1.807) is 18.2 Å². The topological polar surface area (TPSA) is 76.2 Å². The molecule has 5 nitrogen and oxygen atoms in total. The Morgan fingerprint density at radius 3 is 2.67 bits per heavy atom. The number of rotatable bonds is 4. The van der Waals surface area contributed by atoms with Crippen molar-refractivity contribution in [2.45, 2.75) is 5.33 Å². The lowest BCUT2D eigenvalue weighted by Crippen LogP contribution is -1.94. The standard InChI is InChI=1S/C14H8Br2N2O3/c15-7-9-4-5-12(10(6-9)8-17)21-13-3-1-2-11(14(13)16)18(19)20/h1-6H,7H2. The Hall–Kier alpha value is -1.91. The molecule has 0 heterocycles. The summed E-state index contributed by atoms with van der Waals surface area (Å²) in [7, 11) is 0. The summed E-state index contributed by atoms with van der Waals surface area (Å²) in [6.45, 7) is 0. The molecule has 0 N–H and O–H groups in total. The van der Waals surface area contributed by atoms with Crippen molar-refractivity contribution in [3.05, 3.63) is 62.1 Å². The van der Waals surface area contributed by atoms with Crippen molar-refractivity contribution in [3.63, 3.8) is 0 Å². The van der Waals surface area contributed by atoms with Gasteiger partial charge >= 0.3 is 0 Å². The van der Waals surface area contributed by atoms with Crippen LogP contribution in [0.2, 0.25) is 0 Å². The van der Waals surface area contributed by atoms with Crippen molar-refractivity contribution in [2.75, 3.05) is 0 Å². The Morgan fingerprint density at radius 2 is 2.05 bits per heavy atom. The number of hydrogen-bond acceptors (Lipinski definition) is 4. The van der Waals surface area contributed by atoms with Gasteiger partial charge in [0.2, 0.25) is 0 Å². The van der Waals surface area contributed by atoms with Crippen LogP contribution in [-0.2, 0) is 5.33 Å². The molecule has 0 aliphatic rings. The third kappa shape index (κ3) is 3.40. The zero-order valence-corrected chi connectivity index (χ0v) is 13.7. The SMILES string of the molecule is N#Cc1cc(CBr)ccc1Oc1cccc([N+](=O)[O-])c1Br. The molecule has 0 saturated heterocycles. The first-order chi connectivity index (χ1) is 10.1. The van der Waals surface area contributed by atoms with Crippen molar-refractivity contribution < 1.29 is 9.66 Å². The summed E-state index contributed by atoms with van der Waals surface area (Å²) in [4.78, 5) is 10.4. The van der Waals surface area contributed by atoms with Crippen molar-refractivity contribution in [3.8, 4) is 17.6 Å². The van der Waals surface area contributed by atoms with Gasteiger partial charge < -0.3 is 4.74 Å². The molecule has 0 amide bonds. The molecule has 0 bridgehead atoms. The lowest BCUT2D eigenvalue weighted by molar-refractivity contribution is -0.385. The average Bonchev–Trinajstić information content (AvgIpc) is 2.49. The minimum Gasteiger partial charge on any atom is -0.455 e. The first-order valence-electron chi connectivity index (χ1n) is 5.76. The molecule has 0 spiro atoms. The van der Waals surface area contributed by atoms with Crippen LogP contribution in [0.15, 0.2) is 40.9 Å². The van der Waals surface area contributed by atoms with Crippen LogP contribution in [0.4, 0.5) is 5.69 Å². The predicted octanol–water partition coefficient (Wildman–Crippen LogP) is 4.92. The normalized spacial score (nSPS) is 9.95. The number of hydrogen-bond donors (Lipinski definition) is 0. The van der Waals surface area contributed by atoms with Gasteiger partial charge in [-0.05, 0) is 39.7 Å². The van der Waals surface area contributed by atoms with Crippen LogP contribution in [0.5, 0.6) is 11.5 Å². The molecule has 21 heavy (non-hydrogen) atoms. The van der Waals surface area contributed by atoms with Crippen molar-refractivity contribution in [1.29, 1.82) is 5.26 Å². The van der Waals surface area contributed by atoms with Crippen LogP contribution in [0.3, 0.4) is 0 Å². The fourth-order valence-electron chi connectivity index (χ4n) is 1.67. The average molecular weight is 412 g/mol. The molecular formula is C14H8Br2N2O3. The second-order valence-electron chi connectivity index (χ2n) is 4.02. The van der Waals surface area contributed by atoms with E-state index < -0.39 is 4.92 Å². The van der Waals surface area contributed by atoms with Gasteiger partial charge in [-0.25, -0.2) is 0 Å². The highest BCUT2D eigenvalue weighted by Crippen LogP contribution is 2.37. The summed E-state index contributed by atoms with van der Waals surface area (Å²) >= 11 is 6.47. The highest BCUT2D eigenvalue weighted by Gasteiger charge is 2.17. The van der Waals surface area contributed by atoms with E-state index in [1.165, 1.54) is 12.1 Å². The molecule has 2 aromatic carbocycles. The zero-order valence-electron chi connectivity index (χ0n) is 10.5. The van der Waals surface area contributed by atoms with E-state index in [2.05, 4.69) is 37.9 Å². The molecule has 0 aromatic heterocycles. The first kappa shape index (κ1) is 15.5. The summed E-state index contributed by atoms with van der Waals surface area (Å²) in [6.07, 6.45) is 0. The molecule has 0 unspecified atom stereocenters. The summed E-state index contributed by atoms with van der Waals surface area (Å²) in [6, 6.07) is 11.7. The smallest absolute Gasteiger partial charge is 0.287 e. The molecule has 0 atom stereocenters. The van der Waals surface area contributed by atoms with Crippen LogP contribution >= 0.6 is 31.9 Å². The fraction of sp³-hybridized carbons (Fsp3) is 0.0714. The van der Waals surface area contributed by atoms with E-state index in [4.69, 9.17) is 10.00 Å². The zero-order chi connectivity index (χ0) is 15.4. The maximum Gasteiger partial charge on any atom is 0.287 e. The third-order valence-corrected chi connectivity index (χ3v) is 4.12. The number of nitro benzene ring substituents is 1. The van der Waals surface area contributed by atoms with E-state index >= 15 is 0 Å². The predicted molar refractivity (Wildman–Crippen MR) is 84.7 cm³/mol. The molecule has 0 saturated carbocycles. The van der Waals surface area contributed by atoms with Crippen LogP contribution < -0.4 is 4.74 Å². The van der Waals surface area contributed by atoms with Gasteiger partial charge in [-0.2, -0.15) is 5.26 Å². The van der Waals surface area contributed by atoms with E-state index in [0.29, 0.717) is 16.6 Å². The van der Waals surface area contributed by atoms with Gasteiger partial charge in [0.05, 0.1) is 10.5 Å².